The van der Waals surface area contributed by atoms with Crippen LogP contribution in [0.5, 0.6) is 0 Å². The summed E-state index contributed by atoms with van der Waals surface area (Å²) < 4.78 is 13.1. The first-order valence-electron chi connectivity index (χ1n) is 10.0. The number of piperazine rings is 1. The molecule has 2 aliphatic rings. The molecule has 8 heteroatoms. The van der Waals surface area contributed by atoms with Gasteiger partial charge in [0.15, 0.2) is 6.04 Å². The molecule has 0 saturated carbocycles. The molecule has 0 bridgehead atoms. The van der Waals surface area contributed by atoms with Crippen LogP contribution in [0.2, 0.25) is 0 Å². The fraction of sp³-hybridized carbons (Fsp3) is 0.429. The van der Waals surface area contributed by atoms with E-state index in [2.05, 4.69) is 10.2 Å². The van der Waals surface area contributed by atoms with Gasteiger partial charge in [0.25, 0.3) is 11.8 Å². The Hall–Kier alpha value is -2.45. The van der Waals surface area contributed by atoms with Gasteiger partial charge in [-0.25, -0.2) is 4.39 Å². The van der Waals surface area contributed by atoms with Gasteiger partial charge in [0, 0.05) is 10.6 Å². The summed E-state index contributed by atoms with van der Waals surface area (Å²) in [6, 6.07) is 6.29. The van der Waals surface area contributed by atoms with Crippen LogP contribution in [-0.2, 0) is 17.6 Å². The first-order chi connectivity index (χ1) is 13.9. The van der Waals surface area contributed by atoms with Crippen molar-refractivity contribution in [1.29, 1.82) is 0 Å². The van der Waals surface area contributed by atoms with E-state index < -0.39 is 5.91 Å². The van der Waals surface area contributed by atoms with Gasteiger partial charge in [0.1, 0.15) is 10.8 Å². The highest BCUT2D eigenvalue weighted by atomic mass is 32.1. The SMILES string of the molecule is C[C@H](C(=O)Nc1sc2c(c1C(N)=O)CCC2)[NH+]1CCN(c2ccc(F)cc2)CC1. The van der Waals surface area contributed by atoms with Crippen LogP contribution < -0.4 is 20.9 Å². The highest BCUT2D eigenvalue weighted by Gasteiger charge is 2.32. The summed E-state index contributed by atoms with van der Waals surface area (Å²) in [7, 11) is 0. The summed E-state index contributed by atoms with van der Waals surface area (Å²) in [5, 5.41) is 3.57. The number of quaternary nitrogens is 1. The molecule has 4 rings (SSSR count). The van der Waals surface area contributed by atoms with E-state index in [1.807, 2.05) is 6.92 Å². The summed E-state index contributed by atoms with van der Waals surface area (Å²) in [5.41, 5.74) is 8.11. The Morgan fingerprint density at radius 1 is 1.21 bits per heavy atom. The average molecular weight is 418 g/mol. The number of hydrogen-bond donors (Lipinski definition) is 3. The third kappa shape index (κ3) is 4.00. The van der Waals surface area contributed by atoms with Crippen LogP contribution in [0.3, 0.4) is 0 Å². The topological polar surface area (TPSA) is 79.9 Å². The van der Waals surface area contributed by atoms with E-state index >= 15 is 0 Å². The molecule has 29 heavy (non-hydrogen) atoms. The number of carbonyl (C=O) groups excluding carboxylic acids is 2. The van der Waals surface area contributed by atoms with E-state index in [4.69, 9.17) is 5.73 Å². The Bertz CT molecular complexity index is 920. The zero-order chi connectivity index (χ0) is 20.5. The lowest BCUT2D eigenvalue weighted by atomic mass is 10.1. The molecule has 0 unspecified atom stereocenters. The van der Waals surface area contributed by atoms with Crippen molar-refractivity contribution in [2.75, 3.05) is 36.4 Å². The van der Waals surface area contributed by atoms with Crippen LogP contribution >= 0.6 is 11.3 Å². The Kier molecular flexibility index (Phi) is 5.56. The van der Waals surface area contributed by atoms with Crippen molar-refractivity contribution < 1.29 is 18.9 Å². The number of fused-ring (bicyclic) bond motifs is 1. The van der Waals surface area contributed by atoms with Gasteiger partial charge < -0.3 is 20.9 Å². The lowest BCUT2D eigenvalue weighted by molar-refractivity contribution is -0.914. The summed E-state index contributed by atoms with van der Waals surface area (Å²) >= 11 is 1.49. The Balaban J connectivity index is 1.38. The molecule has 1 saturated heterocycles. The number of carbonyl (C=O) groups is 2. The summed E-state index contributed by atoms with van der Waals surface area (Å²) in [4.78, 5) is 29.4. The predicted molar refractivity (Wildman–Crippen MR) is 112 cm³/mol. The average Bonchev–Trinajstić information content (AvgIpc) is 3.28. The van der Waals surface area contributed by atoms with Gasteiger partial charge in [-0.05, 0) is 56.0 Å². The smallest absolute Gasteiger partial charge is 0.282 e. The second kappa shape index (κ2) is 8.12. The van der Waals surface area contributed by atoms with Crippen LogP contribution in [0.15, 0.2) is 24.3 Å². The third-order valence-corrected chi connectivity index (χ3v) is 7.21. The van der Waals surface area contributed by atoms with Gasteiger partial charge in [-0.3, -0.25) is 9.59 Å². The Morgan fingerprint density at radius 3 is 2.55 bits per heavy atom. The standard InChI is InChI=1S/C21H25FN4O2S/c1-13(25-9-11-26(12-10-25)15-7-5-14(22)6-8-15)20(28)24-21-18(19(23)27)16-3-2-4-17(16)29-21/h5-8,13H,2-4,9-12H2,1H3,(H2,23,27)(H,24,28)/p+1/t13-/m1/s1. The molecule has 1 atom stereocenters. The number of nitrogens with two attached hydrogens (primary N) is 1. The van der Waals surface area contributed by atoms with E-state index in [9.17, 15) is 14.0 Å². The van der Waals surface area contributed by atoms with Crippen molar-refractivity contribution in [2.24, 2.45) is 5.73 Å². The monoisotopic (exact) mass is 417 g/mol. The fourth-order valence-electron chi connectivity index (χ4n) is 4.30. The molecule has 1 aliphatic carbocycles. The first kappa shape index (κ1) is 19.8. The normalized spacial score (nSPS) is 17.8. The number of rotatable bonds is 5. The zero-order valence-electron chi connectivity index (χ0n) is 16.5. The number of halogens is 1. The molecule has 1 aliphatic heterocycles. The van der Waals surface area contributed by atoms with E-state index in [0.717, 1.165) is 56.7 Å². The van der Waals surface area contributed by atoms with Crippen LogP contribution in [0, 0.1) is 5.82 Å². The summed E-state index contributed by atoms with van der Waals surface area (Å²) in [6.45, 7) is 5.16. The number of hydrogen-bond acceptors (Lipinski definition) is 4. The van der Waals surface area contributed by atoms with Crippen molar-refractivity contribution in [3.05, 3.63) is 46.1 Å². The molecule has 0 spiro atoms. The van der Waals surface area contributed by atoms with Gasteiger partial charge in [-0.15, -0.1) is 11.3 Å². The minimum absolute atomic E-state index is 0.0855. The number of nitrogens with zero attached hydrogens (tertiary/aromatic N) is 1. The lowest BCUT2D eigenvalue weighted by Gasteiger charge is -2.36. The van der Waals surface area contributed by atoms with E-state index in [1.54, 1.807) is 12.1 Å². The maximum Gasteiger partial charge on any atom is 0.282 e. The first-order valence-corrected chi connectivity index (χ1v) is 10.9. The molecule has 1 fully saturated rings. The number of nitrogens with one attached hydrogen (secondary N) is 2. The van der Waals surface area contributed by atoms with Crippen molar-refractivity contribution in [3.8, 4) is 0 Å². The minimum atomic E-state index is -0.465. The largest absolute Gasteiger partial charge is 0.365 e. The Labute approximate surface area is 173 Å². The summed E-state index contributed by atoms with van der Waals surface area (Å²) in [5.74, 6) is -0.788. The molecule has 6 nitrogen and oxygen atoms in total. The maximum absolute atomic E-state index is 13.1. The minimum Gasteiger partial charge on any atom is -0.365 e. The molecule has 4 N–H and O–H groups in total. The van der Waals surface area contributed by atoms with E-state index in [0.29, 0.717) is 10.6 Å². The van der Waals surface area contributed by atoms with Gasteiger partial charge in [0.2, 0.25) is 0 Å². The molecular weight excluding hydrogens is 391 g/mol. The molecule has 154 valence electrons. The van der Waals surface area contributed by atoms with Gasteiger partial charge in [0.05, 0.1) is 31.7 Å². The quantitative estimate of drug-likeness (QED) is 0.684. The van der Waals surface area contributed by atoms with Gasteiger partial charge in [-0.1, -0.05) is 0 Å². The van der Waals surface area contributed by atoms with E-state index in [1.165, 1.54) is 33.2 Å². The number of benzene rings is 1. The molecule has 1 aromatic carbocycles. The van der Waals surface area contributed by atoms with Crippen LogP contribution in [0.25, 0.3) is 0 Å². The number of amides is 2. The molecule has 1 aromatic heterocycles. The number of anilines is 2. The number of aryl methyl sites for hydroxylation is 1. The second-order valence-electron chi connectivity index (χ2n) is 7.76. The highest BCUT2D eigenvalue weighted by Crippen LogP contribution is 2.38. The fourth-order valence-corrected chi connectivity index (χ4v) is 5.59. The van der Waals surface area contributed by atoms with Crippen LogP contribution in [-0.4, -0.2) is 44.0 Å². The molecule has 2 aromatic rings. The van der Waals surface area contributed by atoms with Crippen molar-refractivity contribution in [1.82, 2.24) is 0 Å². The Morgan fingerprint density at radius 2 is 1.90 bits per heavy atom. The van der Waals surface area contributed by atoms with Crippen molar-refractivity contribution in [2.45, 2.75) is 32.2 Å². The molecule has 2 amide bonds. The molecular formula is C21H26FN4O2S+. The highest BCUT2D eigenvalue weighted by molar-refractivity contribution is 7.17. The third-order valence-electron chi connectivity index (χ3n) is 6.01. The predicted octanol–water partition coefficient (Wildman–Crippen LogP) is 1.21. The maximum atomic E-state index is 13.1. The molecule has 2 heterocycles. The van der Waals surface area contributed by atoms with Crippen LogP contribution in [0.1, 0.15) is 34.1 Å². The summed E-state index contributed by atoms with van der Waals surface area (Å²) in [6.07, 6.45) is 2.84. The second-order valence-corrected chi connectivity index (χ2v) is 8.86. The van der Waals surface area contributed by atoms with Crippen molar-refractivity contribution >= 4 is 33.8 Å². The number of primary amides is 1. The van der Waals surface area contributed by atoms with Gasteiger partial charge in [-0.2, -0.15) is 0 Å². The van der Waals surface area contributed by atoms with Crippen molar-refractivity contribution in [3.63, 3.8) is 0 Å². The lowest BCUT2D eigenvalue weighted by Crippen LogP contribution is -3.19. The molecule has 0 radical (unpaired) electrons. The van der Waals surface area contributed by atoms with E-state index in [-0.39, 0.29) is 17.8 Å². The zero-order valence-corrected chi connectivity index (χ0v) is 17.3. The van der Waals surface area contributed by atoms with Crippen LogP contribution in [0.4, 0.5) is 15.1 Å². The number of thiophene rings is 1. The van der Waals surface area contributed by atoms with Gasteiger partial charge >= 0.3 is 0 Å².